The minimum atomic E-state index is -4.20. The summed E-state index contributed by atoms with van der Waals surface area (Å²) in [5.41, 5.74) is 0. The zero-order valence-electron chi connectivity index (χ0n) is 4.05. The second-order valence-electron chi connectivity index (χ2n) is 0.224. The molecule has 0 spiro atoms. The summed E-state index contributed by atoms with van der Waals surface area (Å²) in [4.78, 5) is 0. The molecule has 0 rings (SSSR count). The maximum atomic E-state index is 8.60. The summed E-state index contributed by atoms with van der Waals surface area (Å²) in [6.45, 7) is 0. The second kappa shape index (κ2) is 16.3. The van der Waals surface area contributed by atoms with Gasteiger partial charge in [0.25, 0.3) is 0 Å². The van der Waals surface area contributed by atoms with Crippen LogP contribution in [0.5, 0.6) is 0 Å². The fraction of sp³-hybridized carbons (Fsp3) is 0. The van der Waals surface area contributed by atoms with E-state index < -0.39 is 20.6 Å². The average Bonchev–Trinajstić information content (AvgIpc) is 0.811. The van der Waals surface area contributed by atoms with Crippen molar-refractivity contribution in [2.75, 3.05) is 0 Å². The molecule has 7 heteroatoms. The van der Waals surface area contributed by atoms with Gasteiger partial charge >= 0.3 is 133 Å². The predicted molar refractivity (Wildman–Crippen MR) is 7.13 cm³/mol. The monoisotopic (exact) mass is 266 g/mol. The Morgan fingerprint density at radius 2 is 1.14 bits per heavy atom. The molecule has 32 valence electrons. The molecule has 7 heavy (non-hydrogen) atoms. The van der Waals surface area contributed by atoms with Gasteiger partial charge in [-0.2, -0.15) is 0 Å². The summed E-state index contributed by atoms with van der Waals surface area (Å²) in [5.74, 6) is 0. The minimum absolute atomic E-state index is 0. The van der Waals surface area contributed by atoms with Crippen molar-refractivity contribution in [2.24, 2.45) is 0 Å². The predicted octanol–water partition coefficient (Wildman–Crippen LogP) is -10.8. The van der Waals surface area contributed by atoms with Crippen LogP contribution in [0.2, 0.25) is 0 Å². The van der Waals surface area contributed by atoms with Crippen LogP contribution >= 0.6 is 0 Å². The molecule has 0 aromatic carbocycles. The van der Waals surface area contributed by atoms with Crippen LogP contribution in [0.4, 0.5) is 0 Å². The van der Waals surface area contributed by atoms with E-state index in [1.54, 1.807) is 0 Å². The Balaban J connectivity index is -0.0000000150. The van der Waals surface area contributed by atoms with Gasteiger partial charge in [0.05, 0.1) is 0 Å². The molecule has 0 radical (unpaired) electrons. The molecule has 0 aromatic rings. The summed E-state index contributed by atoms with van der Waals surface area (Å²) >= 11 is -4.20. The zero-order valence-corrected chi connectivity index (χ0v) is 12.8. The van der Waals surface area contributed by atoms with Crippen molar-refractivity contribution in [1.29, 1.82) is 0 Å². The molecule has 0 unspecified atom stereocenters. The molecule has 0 atom stereocenters. The van der Waals surface area contributed by atoms with Gasteiger partial charge in [0.15, 0.2) is 0 Å². The van der Waals surface area contributed by atoms with E-state index in [0.717, 1.165) is 0 Å². The standard InChI is InChI=1S/FH.2K.3O.Sb/h1H;;;;;;/q;2*+1;;;-1;/p-1. The molecule has 0 aliphatic carbocycles. The van der Waals surface area contributed by atoms with E-state index in [2.05, 4.69) is 0 Å². The van der Waals surface area contributed by atoms with E-state index in [-0.39, 0.29) is 107 Å². The summed E-state index contributed by atoms with van der Waals surface area (Å²) < 4.78 is 25.8. The number of hydrogen-bond acceptors (Lipinski definition) is 3. The molecule has 0 bridgehead atoms. The SMILES string of the molecule is [F-].[K+].[K+].[O]=[Sb](=[O])[O-]. The van der Waals surface area contributed by atoms with Crippen LogP contribution in [0.3, 0.4) is 0 Å². The van der Waals surface area contributed by atoms with E-state index in [0.29, 0.717) is 0 Å². The van der Waals surface area contributed by atoms with Gasteiger partial charge in [-0.3, -0.25) is 0 Å². The van der Waals surface area contributed by atoms with Crippen molar-refractivity contribution in [1.82, 2.24) is 0 Å². The molecule has 0 saturated heterocycles. The van der Waals surface area contributed by atoms with Crippen molar-refractivity contribution in [3.8, 4) is 0 Å². The second-order valence-corrected chi connectivity index (χ2v) is 1.50. The zero-order chi connectivity index (χ0) is 3.58. The Morgan fingerprint density at radius 1 is 1.14 bits per heavy atom. The van der Waals surface area contributed by atoms with Gasteiger partial charge in [-0.15, -0.1) is 0 Å². The van der Waals surface area contributed by atoms with E-state index in [4.69, 9.17) is 9.42 Å². The normalized spacial score (nSPS) is 3.57. The van der Waals surface area contributed by atoms with Crippen LogP contribution in [0.1, 0.15) is 0 Å². The molecule has 0 N–H and O–H groups in total. The Labute approximate surface area is 133 Å². The van der Waals surface area contributed by atoms with Crippen molar-refractivity contribution in [3.63, 3.8) is 0 Å². The van der Waals surface area contributed by atoms with Crippen LogP contribution in [-0.2, 0) is 6.03 Å². The summed E-state index contributed by atoms with van der Waals surface area (Å²) in [7, 11) is 0. The van der Waals surface area contributed by atoms with Gasteiger partial charge in [-0.25, -0.2) is 0 Å². The van der Waals surface area contributed by atoms with E-state index in [1.165, 1.54) is 0 Å². The Kier molecular flexibility index (Phi) is 52.2. The first-order valence-electron chi connectivity index (χ1n) is 0.548. The number of halogens is 1. The van der Waals surface area contributed by atoms with Gasteiger partial charge in [0.2, 0.25) is 0 Å². The van der Waals surface area contributed by atoms with Crippen molar-refractivity contribution < 1.29 is 117 Å². The maximum absolute atomic E-state index is 8.60. The van der Waals surface area contributed by atoms with Crippen LogP contribution < -0.4 is 111 Å². The van der Waals surface area contributed by atoms with E-state index in [9.17, 15) is 0 Å². The van der Waals surface area contributed by atoms with Gasteiger partial charge in [-0.05, 0) is 0 Å². The molecule has 0 saturated carbocycles. The van der Waals surface area contributed by atoms with Crippen LogP contribution in [0, 0.1) is 0 Å². The average molecular weight is 267 g/mol. The molecule has 0 fully saturated rings. The first-order valence-corrected chi connectivity index (χ1v) is 3.67. The molecule has 0 heterocycles. The molecule has 0 aliphatic heterocycles. The fourth-order valence-corrected chi connectivity index (χ4v) is 0. The van der Waals surface area contributed by atoms with E-state index in [1.807, 2.05) is 0 Å². The Bertz CT molecular complexity index is 61.3. The van der Waals surface area contributed by atoms with Crippen molar-refractivity contribution >= 4 is 20.6 Å². The van der Waals surface area contributed by atoms with Crippen LogP contribution in [0.25, 0.3) is 0 Å². The third kappa shape index (κ3) is 42.9. The van der Waals surface area contributed by atoms with Crippen LogP contribution in [0.15, 0.2) is 0 Å². The number of hydrogen-bond donors (Lipinski definition) is 0. The van der Waals surface area contributed by atoms with Gasteiger partial charge in [0.1, 0.15) is 0 Å². The van der Waals surface area contributed by atoms with Crippen LogP contribution in [-0.4, -0.2) is 20.6 Å². The van der Waals surface area contributed by atoms with Crippen molar-refractivity contribution in [3.05, 3.63) is 0 Å². The fourth-order valence-electron chi connectivity index (χ4n) is 0. The summed E-state index contributed by atoms with van der Waals surface area (Å²) in [5, 5.41) is 0. The molecule has 0 amide bonds. The van der Waals surface area contributed by atoms with Gasteiger partial charge in [0, 0.05) is 0 Å². The topological polar surface area (TPSA) is 57.2 Å². The Hall–Kier alpha value is 3.58. The molecular weight excluding hydrogens is 267 g/mol. The quantitative estimate of drug-likeness (QED) is 0.409. The molecule has 0 aliphatic rings. The molecule has 3 nitrogen and oxygen atoms in total. The molecular formula is FK2O3Sb. The first-order chi connectivity index (χ1) is 1.73. The first kappa shape index (κ1) is 22.4. The summed E-state index contributed by atoms with van der Waals surface area (Å²) in [6, 6.07) is 0. The molecule has 0 aromatic heterocycles. The summed E-state index contributed by atoms with van der Waals surface area (Å²) in [6.07, 6.45) is 0. The third-order valence-corrected chi connectivity index (χ3v) is 0. The Morgan fingerprint density at radius 3 is 1.14 bits per heavy atom. The van der Waals surface area contributed by atoms with Gasteiger partial charge < -0.3 is 4.70 Å². The van der Waals surface area contributed by atoms with E-state index >= 15 is 0 Å². The van der Waals surface area contributed by atoms with Gasteiger partial charge in [-0.1, -0.05) is 0 Å². The third-order valence-electron chi connectivity index (χ3n) is 0. The van der Waals surface area contributed by atoms with Crippen molar-refractivity contribution in [2.45, 2.75) is 0 Å². The number of rotatable bonds is 0.